The van der Waals surface area contributed by atoms with E-state index in [4.69, 9.17) is 4.74 Å². The van der Waals surface area contributed by atoms with Crippen LogP contribution in [-0.4, -0.2) is 37.0 Å². The summed E-state index contributed by atoms with van der Waals surface area (Å²) >= 11 is 1.65. The largest absolute Gasteiger partial charge is 0.466 e. The third-order valence-corrected chi connectivity index (χ3v) is 2.33. The van der Waals surface area contributed by atoms with Gasteiger partial charge in [-0.15, -0.1) is 0 Å². The number of hydrogen-bond acceptors (Lipinski definition) is 4. The van der Waals surface area contributed by atoms with Gasteiger partial charge in [0.05, 0.1) is 6.61 Å². The Kier molecular flexibility index (Phi) is 9.36. The van der Waals surface area contributed by atoms with Crippen molar-refractivity contribution in [2.75, 3.05) is 25.2 Å². The molecule has 0 rings (SSSR count). The fourth-order valence-electron chi connectivity index (χ4n) is 0.977. The van der Waals surface area contributed by atoms with Gasteiger partial charge in [0.15, 0.2) is 0 Å². The van der Waals surface area contributed by atoms with Crippen molar-refractivity contribution in [3.63, 3.8) is 0 Å². The second-order valence-corrected chi connectivity index (χ2v) is 3.99. The normalized spacial score (nSPS) is 9.73. The van der Waals surface area contributed by atoms with E-state index in [1.807, 2.05) is 6.26 Å². The SMILES string of the molecule is CCOC(=O)CCCNC(=O)CCSC. The van der Waals surface area contributed by atoms with Crippen LogP contribution in [0.25, 0.3) is 0 Å². The van der Waals surface area contributed by atoms with Crippen molar-refractivity contribution in [3.8, 4) is 0 Å². The average molecular weight is 233 g/mol. The molecule has 0 bridgehead atoms. The lowest BCUT2D eigenvalue weighted by Gasteiger charge is -2.04. The highest BCUT2D eigenvalue weighted by atomic mass is 32.2. The smallest absolute Gasteiger partial charge is 0.305 e. The summed E-state index contributed by atoms with van der Waals surface area (Å²) in [4.78, 5) is 22.1. The van der Waals surface area contributed by atoms with Crippen LogP contribution in [0.2, 0.25) is 0 Å². The van der Waals surface area contributed by atoms with Crippen molar-refractivity contribution in [1.82, 2.24) is 5.32 Å². The molecule has 0 radical (unpaired) electrons. The van der Waals surface area contributed by atoms with E-state index in [0.29, 0.717) is 32.4 Å². The van der Waals surface area contributed by atoms with E-state index in [1.54, 1.807) is 18.7 Å². The summed E-state index contributed by atoms with van der Waals surface area (Å²) in [6.07, 6.45) is 3.52. The Morgan fingerprint density at radius 1 is 1.33 bits per heavy atom. The van der Waals surface area contributed by atoms with Gasteiger partial charge in [-0.1, -0.05) is 0 Å². The molecule has 0 saturated carbocycles. The number of ether oxygens (including phenoxy) is 1. The zero-order valence-corrected chi connectivity index (χ0v) is 10.2. The molecule has 88 valence electrons. The molecule has 0 aromatic rings. The standard InChI is InChI=1S/C10H19NO3S/c1-3-14-10(13)5-4-7-11-9(12)6-8-15-2/h3-8H2,1-2H3,(H,11,12). The van der Waals surface area contributed by atoms with E-state index in [2.05, 4.69) is 5.32 Å². The number of carbonyl (C=O) groups excluding carboxylic acids is 2. The van der Waals surface area contributed by atoms with E-state index in [1.165, 1.54) is 0 Å². The van der Waals surface area contributed by atoms with Gasteiger partial charge in [0.1, 0.15) is 0 Å². The maximum Gasteiger partial charge on any atom is 0.305 e. The van der Waals surface area contributed by atoms with Crippen molar-refractivity contribution >= 4 is 23.6 Å². The third-order valence-electron chi connectivity index (χ3n) is 1.72. The molecule has 0 spiro atoms. The molecule has 0 fully saturated rings. The highest BCUT2D eigenvalue weighted by Gasteiger charge is 2.02. The highest BCUT2D eigenvalue weighted by molar-refractivity contribution is 7.98. The zero-order valence-electron chi connectivity index (χ0n) is 9.38. The lowest BCUT2D eigenvalue weighted by atomic mass is 10.3. The number of rotatable bonds is 8. The Hall–Kier alpha value is -0.710. The molecular weight excluding hydrogens is 214 g/mol. The van der Waals surface area contributed by atoms with Gasteiger partial charge in [0.2, 0.25) is 5.91 Å². The third kappa shape index (κ3) is 9.59. The Balaban J connectivity index is 3.30. The first-order chi connectivity index (χ1) is 7.20. The fraction of sp³-hybridized carbons (Fsp3) is 0.800. The first-order valence-corrected chi connectivity index (χ1v) is 6.51. The van der Waals surface area contributed by atoms with Crippen molar-refractivity contribution in [2.24, 2.45) is 0 Å². The van der Waals surface area contributed by atoms with Crippen LogP contribution in [0.3, 0.4) is 0 Å². The van der Waals surface area contributed by atoms with Gasteiger partial charge < -0.3 is 10.1 Å². The van der Waals surface area contributed by atoms with Crippen LogP contribution in [-0.2, 0) is 14.3 Å². The predicted molar refractivity (Wildman–Crippen MR) is 61.9 cm³/mol. The molecule has 0 aliphatic rings. The lowest BCUT2D eigenvalue weighted by Crippen LogP contribution is -2.25. The summed E-state index contributed by atoms with van der Waals surface area (Å²) in [5.41, 5.74) is 0. The molecule has 0 saturated heterocycles. The molecule has 4 nitrogen and oxygen atoms in total. The summed E-state index contributed by atoms with van der Waals surface area (Å²) in [6, 6.07) is 0. The fourth-order valence-corrected chi connectivity index (χ4v) is 1.37. The second-order valence-electron chi connectivity index (χ2n) is 3.00. The quantitative estimate of drug-likeness (QED) is 0.505. The summed E-state index contributed by atoms with van der Waals surface area (Å²) in [7, 11) is 0. The summed E-state index contributed by atoms with van der Waals surface area (Å²) in [5, 5.41) is 2.75. The summed E-state index contributed by atoms with van der Waals surface area (Å²) in [6.45, 7) is 2.74. The Morgan fingerprint density at radius 2 is 2.07 bits per heavy atom. The number of thioether (sulfide) groups is 1. The van der Waals surface area contributed by atoms with Crippen LogP contribution in [0.4, 0.5) is 0 Å². The molecule has 0 aliphatic carbocycles. The molecule has 0 aromatic carbocycles. The van der Waals surface area contributed by atoms with E-state index in [-0.39, 0.29) is 11.9 Å². The molecule has 0 aromatic heterocycles. The van der Waals surface area contributed by atoms with Crippen LogP contribution in [0.5, 0.6) is 0 Å². The minimum Gasteiger partial charge on any atom is -0.466 e. The Morgan fingerprint density at radius 3 is 2.67 bits per heavy atom. The molecule has 0 atom stereocenters. The molecule has 1 N–H and O–H groups in total. The molecular formula is C10H19NO3S. The first-order valence-electron chi connectivity index (χ1n) is 5.12. The van der Waals surface area contributed by atoms with E-state index in [0.717, 1.165) is 5.75 Å². The van der Waals surface area contributed by atoms with Gasteiger partial charge in [-0.05, 0) is 19.6 Å². The van der Waals surface area contributed by atoms with Gasteiger partial charge in [-0.25, -0.2) is 0 Å². The van der Waals surface area contributed by atoms with Gasteiger partial charge in [0, 0.05) is 25.1 Å². The minimum absolute atomic E-state index is 0.0493. The predicted octanol–water partition coefficient (Wildman–Crippen LogP) is 1.20. The van der Waals surface area contributed by atoms with Crippen LogP contribution in [0, 0.1) is 0 Å². The number of esters is 1. The van der Waals surface area contributed by atoms with Crippen LogP contribution >= 0.6 is 11.8 Å². The lowest BCUT2D eigenvalue weighted by molar-refractivity contribution is -0.143. The molecule has 5 heteroatoms. The van der Waals surface area contributed by atoms with Gasteiger partial charge in [-0.2, -0.15) is 11.8 Å². The molecule has 0 unspecified atom stereocenters. The molecule has 0 aliphatic heterocycles. The molecule has 0 heterocycles. The number of hydrogen-bond donors (Lipinski definition) is 1. The first kappa shape index (κ1) is 14.3. The van der Waals surface area contributed by atoms with Crippen molar-refractivity contribution < 1.29 is 14.3 Å². The summed E-state index contributed by atoms with van der Waals surface area (Å²) in [5.74, 6) is 0.688. The van der Waals surface area contributed by atoms with Gasteiger partial charge in [0.25, 0.3) is 0 Å². The van der Waals surface area contributed by atoms with Gasteiger partial charge in [-0.3, -0.25) is 9.59 Å². The maximum atomic E-state index is 11.1. The molecule has 15 heavy (non-hydrogen) atoms. The Labute approximate surface area is 95.1 Å². The Bertz CT molecular complexity index is 197. The topological polar surface area (TPSA) is 55.4 Å². The average Bonchev–Trinajstić information content (AvgIpc) is 2.22. The number of nitrogens with one attached hydrogen (secondary N) is 1. The molecule has 1 amide bonds. The van der Waals surface area contributed by atoms with E-state index < -0.39 is 0 Å². The number of amides is 1. The second kappa shape index (κ2) is 9.83. The zero-order chi connectivity index (χ0) is 11.5. The summed E-state index contributed by atoms with van der Waals surface area (Å²) < 4.78 is 4.76. The highest BCUT2D eigenvalue weighted by Crippen LogP contribution is 1.95. The number of carbonyl (C=O) groups is 2. The van der Waals surface area contributed by atoms with Crippen molar-refractivity contribution in [3.05, 3.63) is 0 Å². The van der Waals surface area contributed by atoms with Crippen LogP contribution in [0.1, 0.15) is 26.2 Å². The van der Waals surface area contributed by atoms with Crippen molar-refractivity contribution in [1.29, 1.82) is 0 Å². The maximum absolute atomic E-state index is 11.1. The van der Waals surface area contributed by atoms with Crippen molar-refractivity contribution in [2.45, 2.75) is 26.2 Å². The minimum atomic E-state index is -0.198. The van der Waals surface area contributed by atoms with Crippen LogP contribution < -0.4 is 5.32 Å². The monoisotopic (exact) mass is 233 g/mol. The van der Waals surface area contributed by atoms with Crippen LogP contribution in [0.15, 0.2) is 0 Å². The van der Waals surface area contributed by atoms with E-state index in [9.17, 15) is 9.59 Å². The van der Waals surface area contributed by atoms with E-state index >= 15 is 0 Å². The van der Waals surface area contributed by atoms with Gasteiger partial charge >= 0.3 is 5.97 Å².